The Kier molecular flexibility index (Phi) is 6.04. The number of hydrogen-bond donors (Lipinski definition) is 1. The summed E-state index contributed by atoms with van der Waals surface area (Å²) in [5.74, 6) is 0.522. The van der Waals surface area contributed by atoms with Crippen LogP contribution < -0.4 is 10.1 Å². The highest BCUT2D eigenvalue weighted by molar-refractivity contribution is 7.89. The predicted molar refractivity (Wildman–Crippen MR) is 115 cm³/mol. The van der Waals surface area contributed by atoms with Gasteiger partial charge in [-0.3, -0.25) is 4.79 Å². The topological polar surface area (TPSA) is 75.7 Å². The molecule has 4 rings (SSSR count). The summed E-state index contributed by atoms with van der Waals surface area (Å²) < 4.78 is 33.0. The number of hydrogen-bond acceptors (Lipinski definition) is 4. The van der Waals surface area contributed by atoms with E-state index >= 15 is 0 Å². The molecule has 2 aromatic carbocycles. The lowest BCUT2D eigenvalue weighted by molar-refractivity contribution is -0.124. The minimum absolute atomic E-state index is 0.0866. The van der Waals surface area contributed by atoms with Gasteiger partial charge in [0.15, 0.2) is 0 Å². The summed E-state index contributed by atoms with van der Waals surface area (Å²) in [5.41, 5.74) is 0.927. The van der Waals surface area contributed by atoms with Crippen LogP contribution >= 0.6 is 11.6 Å². The van der Waals surface area contributed by atoms with Crippen molar-refractivity contribution in [1.29, 1.82) is 0 Å². The Hall–Kier alpha value is -2.09. The van der Waals surface area contributed by atoms with Crippen LogP contribution in [0.15, 0.2) is 53.4 Å². The molecule has 1 saturated carbocycles. The average Bonchev–Trinajstić information content (AvgIpc) is 3.47. The highest BCUT2D eigenvalue weighted by atomic mass is 35.5. The molecule has 2 atom stereocenters. The largest absolute Gasteiger partial charge is 0.497 e. The van der Waals surface area contributed by atoms with Gasteiger partial charge in [-0.05, 0) is 60.7 Å². The number of rotatable bonds is 7. The van der Waals surface area contributed by atoms with Gasteiger partial charge in [0, 0.05) is 30.6 Å². The van der Waals surface area contributed by atoms with Crippen LogP contribution in [0.4, 0.5) is 0 Å². The van der Waals surface area contributed by atoms with E-state index in [9.17, 15) is 13.2 Å². The molecule has 0 spiro atoms. The fraction of sp³-hybridized carbons (Fsp3) is 0.409. The number of ether oxygens (including phenoxy) is 1. The number of carbonyl (C=O) groups is 1. The van der Waals surface area contributed by atoms with E-state index in [0.717, 1.165) is 24.2 Å². The van der Waals surface area contributed by atoms with E-state index in [-0.39, 0.29) is 29.8 Å². The second-order valence-corrected chi connectivity index (χ2v) is 10.3. The first-order chi connectivity index (χ1) is 14.4. The smallest absolute Gasteiger partial charge is 0.243 e. The molecule has 160 valence electrons. The van der Waals surface area contributed by atoms with Crippen LogP contribution in [0.2, 0.25) is 5.02 Å². The van der Waals surface area contributed by atoms with Gasteiger partial charge in [-0.1, -0.05) is 23.7 Å². The summed E-state index contributed by atoms with van der Waals surface area (Å²) in [6, 6.07) is 13.6. The van der Waals surface area contributed by atoms with Crippen molar-refractivity contribution in [2.45, 2.75) is 23.7 Å². The third-order valence-corrected chi connectivity index (χ3v) is 7.98. The summed E-state index contributed by atoms with van der Waals surface area (Å²) in [6.07, 6.45) is 2.29. The van der Waals surface area contributed by atoms with Crippen LogP contribution in [-0.2, 0) is 14.8 Å². The number of methoxy groups -OCH3 is 1. The summed E-state index contributed by atoms with van der Waals surface area (Å²) in [6.45, 7) is 1.06. The molecule has 2 fully saturated rings. The maximum atomic E-state index is 13.2. The van der Waals surface area contributed by atoms with E-state index in [1.165, 1.54) is 16.4 Å². The Morgan fingerprint density at radius 1 is 1.10 bits per heavy atom. The van der Waals surface area contributed by atoms with Crippen molar-refractivity contribution in [3.8, 4) is 5.75 Å². The van der Waals surface area contributed by atoms with E-state index in [2.05, 4.69) is 5.32 Å². The highest BCUT2D eigenvalue weighted by Crippen LogP contribution is 2.37. The minimum Gasteiger partial charge on any atom is -0.497 e. The number of carbonyl (C=O) groups excluding carboxylic acids is 1. The minimum atomic E-state index is -3.72. The van der Waals surface area contributed by atoms with E-state index in [0.29, 0.717) is 17.5 Å². The zero-order valence-corrected chi connectivity index (χ0v) is 18.3. The van der Waals surface area contributed by atoms with Gasteiger partial charge in [0.2, 0.25) is 15.9 Å². The molecule has 0 radical (unpaired) electrons. The molecular weight excluding hydrogens is 424 g/mol. The van der Waals surface area contributed by atoms with Crippen molar-refractivity contribution >= 4 is 27.5 Å². The molecule has 2 unspecified atom stereocenters. The van der Waals surface area contributed by atoms with Gasteiger partial charge in [-0.15, -0.1) is 0 Å². The number of amides is 1. The summed E-state index contributed by atoms with van der Waals surface area (Å²) in [5, 5.41) is 3.50. The maximum absolute atomic E-state index is 13.2. The molecule has 6 nitrogen and oxygen atoms in total. The molecular formula is C22H25ClN2O4S. The highest BCUT2D eigenvalue weighted by Gasteiger charge is 2.43. The van der Waals surface area contributed by atoms with Gasteiger partial charge in [-0.2, -0.15) is 4.31 Å². The quantitative estimate of drug-likeness (QED) is 0.705. The number of sulfonamides is 1. The first kappa shape index (κ1) is 21.2. The summed E-state index contributed by atoms with van der Waals surface area (Å²) in [7, 11) is -2.13. The van der Waals surface area contributed by atoms with Gasteiger partial charge < -0.3 is 10.1 Å². The molecule has 8 heteroatoms. The molecule has 1 aliphatic heterocycles. The molecule has 0 aromatic heterocycles. The fourth-order valence-electron chi connectivity index (χ4n) is 3.87. The Balaban J connectivity index is 1.60. The van der Waals surface area contributed by atoms with Crippen LogP contribution in [0.25, 0.3) is 0 Å². The lowest BCUT2D eigenvalue weighted by Gasteiger charge is -2.18. The first-order valence-electron chi connectivity index (χ1n) is 10.1. The van der Waals surface area contributed by atoms with Gasteiger partial charge in [-0.25, -0.2) is 8.42 Å². The Morgan fingerprint density at radius 3 is 2.37 bits per heavy atom. The van der Waals surface area contributed by atoms with Gasteiger partial charge in [0.05, 0.1) is 17.9 Å². The van der Waals surface area contributed by atoms with Crippen molar-refractivity contribution in [1.82, 2.24) is 9.62 Å². The molecule has 1 N–H and O–H groups in total. The zero-order chi connectivity index (χ0) is 21.3. The standard InChI is InChI=1S/C22H25ClN2O4S/c1-29-18-8-4-16(5-9-18)20-13-25(14-21(20)22(26)24-12-15-2-3-15)30(27,28)19-10-6-17(23)7-11-19/h4-11,15,20-21H,2-3,12-14H2,1H3,(H,24,26). The summed E-state index contributed by atoms with van der Waals surface area (Å²) >= 11 is 5.91. The zero-order valence-electron chi connectivity index (χ0n) is 16.8. The molecule has 2 aliphatic rings. The third kappa shape index (κ3) is 4.48. The van der Waals surface area contributed by atoms with Crippen LogP contribution in [0.5, 0.6) is 5.75 Å². The molecule has 2 aromatic rings. The van der Waals surface area contributed by atoms with Crippen molar-refractivity contribution in [2.24, 2.45) is 11.8 Å². The Bertz CT molecular complexity index is 1000. The van der Waals surface area contributed by atoms with Crippen LogP contribution in [0.1, 0.15) is 24.3 Å². The SMILES string of the molecule is COc1ccc(C2CN(S(=O)(=O)c3ccc(Cl)cc3)CC2C(=O)NCC2CC2)cc1. The number of nitrogens with one attached hydrogen (secondary N) is 1. The lowest BCUT2D eigenvalue weighted by Crippen LogP contribution is -2.36. The normalized spacial score (nSPS) is 22.1. The van der Waals surface area contributed by atoms with Gasteiger partial charge in [0.25, 0.3) is 0 Å². The molecule has 30 heavy (non-hydrogen) atoms. The first-order valence-corrected chi connectivity index (χ1v) is 11.9. The molecule has 1 saturated heterocycles. The Labute approximate surface area is 182 Å². The third-order valence-electron chi connectivity index (χ3n) is 5.88. The van der Waals surface area contributed by atoms with Crippen molar-refractivity contribution in [2.75, 3.05) is 26.7 Å². The maximum Gasteiger partial charge on any atom is 0.243 e. The van der Waals surface area contributed by atoms with Crippen LogP contribution in [0, 0.1) is 11.8 Å². The van der Waals surface area contributed by atoms with Gasteiger partial charge >= 0.3 is 0 Å². The molecule has 0 bridgehead atoms. The second kappa shape index (κ2) is 8.57. The van der Waals surface area contributed by atoms with Gasteiger partial charge in [0.1, 0.15) is 5.75 Å². The van der Waals surface area contributed by atoms with Crippen LogP contribution in [-0.4, -0.2) is 45.4 Å². The molecule has 1 aliphatic carbocycles. The van der Waals surface area contributed by atoms with E-state index in [1.54, 1.807) is 19.2 Å². The predicted octanol–water partition coefficient (Wildman–Crippen LogP) is 3.28. The monoisotopic (exact) mass is 448 g/mol. The van der Waals surface area contributed by atoms with Crippen molar-refractivity contribution in [3.63, 3.8) is 0 Å². The Morgan fingerprint density at radius 2 is 1.77 bits per heavy atom. The number of halogens is 1. The molecule has 1 amide bonds. The number of benzene rings is 2. The second-order valence-electron chi connectivity index (χ2n) is 7.95. The van der Waals surface area contributed by atoms with Crippen molar-refractivity contribution in [3.05, 3.63) is 59.1 Å². The average molecular weight is 449 g/mol. The fourth-order valence-corrected chi connectivity index (χ4v) is 5.49. The lowest BCUT2D eigenvalue weighted by atomic mass is 9.88. The van der Waals surface area contributed by atoms with Crippen LogP contribution in [0.3, 0.4) is 0 Å². The van der Waals surface area contributed by atoms with E-state index in [4.69, 9.17) is 16.3 Å². The van der Waals surface area contributed by atoms with E-state index in [1.807, 2.05) is 24.3 Å². The number of nitrogens with zero attached hydrogens (tertiary/aromatic N) is 1. The summed E-state index contributed by atoms with van der Waals surface area (Å²) in [4.78, 5) is 13.1. The molecule has 1 heterocycles. The van der Waals surface area contributed by atoms with E-state index < -0.39 is 15.9 Å². The van der Waals surface area contributed by atoms with Crippen molar-refractivity contribution < 1.29 is 17.9 Å².